The number of aromatic nitrogens is 2. The lowest BCUT2D eigenvalue weighted by Gasteiger charge is -2.31. The lowest BCUT2D eigenvalue weighted by molar-refractivity contribution is 0.203. The Kier molecular flexibility index (Phi) is 3.48. The van der Waals surface area contributed by atoms with Crippen molar-refractivity contribution in [1.29, 1.82) is 0 Å². The fourth-order valence-corrected chi connectivity index (χ4v) is 2.67. The number of hydrogen-bond acceptors (Lipinski definition) is 6. The van der Waals surface area contributed by atoms with Crippen molar-refractivity contribution < 1.29 is 9.37 Å². The topological polar surface area (TPSA) is 77.4 Å². The molecule has 1 heterocycles. The number of nitrogen functional groups attached to an aromatic ring is 1. The van der Waals surface area contributed by atoms with Crippen LogP contribution in [-0.4, -0.2) is 36.6 Å². The van der Waals surface area contributed by atoms with E-state index in [0.717, 1.165) is 23.7 Å². The Morgan fingerprint density at radius 3 is 2.85 bits per heavy atom. The van der Waals surface area contributed by atoms with Crippen LogP contribution in [0.15, 0.2) is 16.8 Å². The van der Waals surface area contributed by atoms with E-state index < -0.39 is 0 Å². The Hall–Kier alpha value is -1.82. The molecule has 0 spiro atoms. The molecule has 0 saturated heterocycles. The summed E-state index contributed by atoms with van der Waals surface area (Å²) < 4.78 is 10.1. The molecule has 6 nitrogen and oxygen atoms in total. The smallest absolute Gasteiger partial charge is 0.160 e. The SMILES string of the molecule is COCCN(c1ccc(N)c2nonc12)C(C)C1CC1. The second-order valence-electron chi connectivity index (χ2n) is 5.40. The van der Waals surface area contributed by atoms with Crippen LogP contribution in [0, 0.1) is 5.92 Å². The van der Waals surface area contributed by atoms with Crippen LogP contribution in [0.1, 0.15) is 19.8 Å². The molecule has 20 heavy (non-hydrogen) atoms. The highest BCUT2D eigenvalue weighted by atomic mass is 16.6. The fraction of sp³-hybridized carbons (Fsp3) is 0.571. The van der Waals surface area contributed by atoms with Crippen molar-refractivity contribution >= 4 is 22.4 Å². The third kappa shape index (κ3) is 2.31. The van der Waals surface area contributed by atoms with Gasteiger partial charge in [-0.15, -0.1) is 0 Å². The Labute approximate surface area is 117 Å². The van der Waals surface area contributed by atoms with E-state index in [4.69, 9.17) is 15.1 Å². The average molecular weight is 276 g/mol. The molecule has 0 aliphatic heterocycles. The molecule has 1 atom stereocenters. The first-order valence-electron chi connectivity index (χ1n) is 6.98. The zero-order valence-corrected chi connectivity index (χ0v) is 11.9. The van der Waals surface area contributed by atoms with Crippen LogP contribution in [0.2, 0.25) is 0 Å². The number of nitrogens with two attached hydrogens (primary N) is 1. The third-order valence-electron chi connectivity index (χ3n) is 4.07. The first-order valence-corrected chi connectivity index (χ1v) is 6.98. The standard InChI is InChI=1S/C14H20N4O2/c1-9(10-3-4-10)18(7-8-19-2)12-6-5-11(15)13-14(12)17-20-16-13/h5-6,9-10H,3-4,7-8,15H2,1-2H3. The summed E-state index contributed by atoms with van der Waals surface area (Å²) in [6.45, 7) is 3.75. The number of anilines is 2. The molecule has 1 fully saturated rings. The quantitative estimate of drug-likeness (QED) is 0.814. The number of hydrogen-bond donors (Lipinski definition) is 1. The largest absolute Gasteiger partial charge is 0.397 e. The van der Waals surface area contributed by atoms with Crippen LogP contribution in [0.25, 0.3) is 11.0 Å². The van der Waals surface area contributed by atoms with Gasteiger partial charge in [0.25, 0.3) is 0 Å². The van der Waals surface area contributed by atoms with Gasteiger partial charge in [0, 0.05) is 19.7 Å². The molecule has 0 radical (unpaired) electrons. The molecule has 3 rings (SSSR count). The molecule has 2 aromatic rings. The van der Waals surface area contributed by atoms with Crippen LogP contribution >= 0.6 is 0 Å². The number of rotatable bonds is 6. The van der Waals surface area contributed by atoms with Crippen LogP contribution in [0.4, 0.5) is 11.4 Å². The van der Waals surface area contributed by atoms with Crippen molar-refractivity contribution in [2.24, 2.45) is 5.92 Å². The molecule has 1 aromatic heterocycles. The molecule has 0 amide bonds. The molecule has 1 aromatic carbocycles. The van der Waals surface area contributed by atoms with Crippen LogP contribution in [0.5, 0.6) is 0 Å². The summed E-state index contributed by atoms with van der Waals surface area (Å²) >= 11 is 0. The molecular formula is C14H20N4O2. The Balaban J connectivity index is 1.99. The van der Waals surface area contributed by atoms with E-state index in [1.54, 1.807) is 7.11 Å². The molecule has 1 saturated carbocycles. The highest BCUT2D eigenvalue weighted by Gasteiger charge is 2.33. The van der Waals surface area contributed by atoms with E-state index in [0.29, 0.717) is 23.9 Å². The van der Waals surface area contributed by atoms with Gasteiger partial charge in [0.15, 0.2) is 11.0 Å². The number of methoxy groups -OCH3 is 1. The molecule has 1 aliphatic carbocycles. The number of ether oxygens (including phenoxy) is 1. The fourth-order valence-electron chi connectivity index (χ4n) is 2.67. The van der Waals surface area contributed by atoms with E-state index in [1.807, 2.05) is 12.1 Å². The van der Waals surface area contributed by atoms with Gasteiger partial charge in [0.2, 0.25) is 0 Å². The van der Waals surface area contributed by atoms with Gasteiger partial charge >= 0.3 is 0 Å². The van der Waals surface area contributed by atoms with E-state index in [-0.39, 0.29) is 0 Å². The zero-order chi connectivity index (χ0) is 14.1. The zero-order valence-electron chi connectivity index (χ0n) is 11.9. The highest BCUT2D eigenvalue weighted by Crippen LogP contribution is 2.38. The van der Waals surface area contributed by atoms with Crippen molar-refractivity contribution in [1.82, 2.24) is 10.3 Å². The van der Waals surface area contributed by atoms with Gasteiger partial charge in [0.05, 0.1) is 18.0 Å². The van der Waals surface area contributed by atoms with E-state index in [1.165, 1.54) is 12.8 Å². The van der Waals surface area contributed by atoms with E-state index in [2.05, 4.69) is 22.1 Å². The first-order chi connectivity index (χ1) is 9.72. The van der Waals surface area contributed by atoms with Gasteiger partial charge in [-0.2, -0.15) is 0 Å². The normalized spacial score (nSPS) is 16.5. The summed E-state index contributed by atoms with van der Waals surface area (Å²) in [7, 11) is 1.72. The maximum absolute atomic E-state index is 5.91. The number of benzene rings is 1. The van der Waals surface area contributed by atoms with Gasteiger partial charge in [-0.05, 0) is 48.1 Å². The molecular weight excluding hydrogens is 256 g/mol. The summed E-state index contributed by atoms with van der Waals surface area (Å²) in [6, 6.07) is 4.31. The van der Waals surface area contributed by atoms with Crippen molar-refractivity contribution in [2.45, 2.75) is 25.8 Å². The van der Waals surface area contributed by atoms with Crippen molar-refractivity contribution in [3.05, 3.63) is 12.1 Å². The van der Waals surface area contributed by atoms with Crippen LogP contribution in [-0.2, 0) is 4.74 Å². The molecule has 108 valence electrons. The maximum atomic E-state index is 5.91. The third-order valence-corrected chi connectivity index (χ3v) is 4.07. The summed E-state index contributed by atoms with van der Waals surface area (Å²) in [6.07, 6.45) is 2.58. The minimum absolute atomic E-state index is 0.452. The second-order valence-corrected chi connectivity index (χ2v) is 5.40. The van der Waals surface area contributed by atoms with Crippen LogP contribution in [0.3, 0.4) is 0 Å². The van der Waals surface area contributed by atoms with E-state index in [9.17, 15) is 0 Å². The van der Waals surface area contributed by atoms with Gasteiger partial charge in [0.1, 0.15) is 0 Å². The summed E-state index contributed by atoms with van der Waals surface area (Å²) in [4.78, 5) is 2.33. The summed E-state index contributed by atoms with van der Waals surface area (Å²) in [5.74, 6) is 0.749. The first kappa shape index (κ1) is 13.2. The molecule has 1 unspecified atom stereocenters. The average Bonchev–Trinajstić information content (AvgIpc) is 3.18. The Bertz CT molecular complexity index is 594. The van der Waals surface area contributed by atoms with Crippen molar-refractivity contribution in [3.8, 4) is 0 Å². The predicted octanol–water partition coefficient (Wildman–Crippen LogP) is 2.06. The van der Waals surface area contributed by atoms with Gasteiger partial charge in [-0.25, -0.2) is 4.63 Å². The summed E-state index contributed by atoms with van der Waals surface area (Å²) in [5.41, 5.74) is 8.89. The minimum Gasteiger partial charge on any atom is -0.397 e. The molecule has 2 N–H and O–H groups in total. The van der Waals surface area contributed by atoms with Crippen LogP contribution < -0.4 is 10.6 Å². The maximum Gasteiger partial charge on any atom is 0.160 e. The highest BCUT2D eigenvalue weighted by molar-refractivity contribution is 5.95. The Morgan fingerprint density at radius 2 is 2.15 bits per heavy atom. The second kappa shape index (κ2) is 5.28. The lowest BCUT2D eigenvalue weighted by Crippen LogP contribution is -2.37. The van der Waals surface area contributed by atoms with Crippen molar-refractivity contribution in [2.75, 3.05) is 30.9 Å². The van der Waals surface area contributed by atoms with Gasteiger partial charge < -0.3 is 15.4 Å². The number of fused-ring (bicyclic) bond motifs is 1. The van der Waals surface area contributed by atoms with Gasteiger partial charge in [-0.1, -0.05) is 0 Å². The monoisotopic (exact) mass is 276 g/mol. The molecule has 0 bridgehead atoms. The van der Waals surface area contributed by atoms with Gasteiger partial charge in [-0.3, -0.25) is 0 Å². The molecule has 1 aliphatic rings. The van der Waals surface area contributed by atoms with Crippen molar-refractivity contribution in [3.63, 3.8) is 0 Å². The summed E-state index contributed by atoms with van der Waals surface area (Å²) in [5, 5.41) is 7.91. The minimum atomic E-state index is 0.452. The predicted molar refractivity (Wildman–Crippen MR) is 77.6 cm³/mol. The molecule has 6 heteroatoms. The van der Waals surface area contributed by atoms with E-state index >= 15 is 0 Å². The number of nitrogens with zero attached hydrogens (tertiary/aromatic N) is 3. The lowest BCUT2D eigenvalue weighted by atomic mass is 10.1. The Morgan fingerprint density at radius 1 is 1.40 bits per heavy atom.